The highest BCUT2D eigenvalue weighted by Gasteiger charge is 2.29. The van der Waals surface area contributed by atoms with Crippen molar-refractivity contribution in [2.75, 3.05) is 18.5 Å². The van der Waals surface area contributed by atoms with Gasteiger partial charge >= 0.3 is 0 Å². The van der Waals surface area contributed by atoms with Crippen molar-refractivity contribution in [2.45, 2.75) is 45.1 Å². The van der Waals surface area contributed by atoms with Crippen LogP contribution in [0.3, 0.4) is 0 Å². The number of carbonyl (C=O) groups excluding carboxylic acids is 2. The third kappa shape index (κ3) is 6.92. The molecule has 1 aromatic rings. The van der Waals surface area contributed by atoms with Gasteiger partial charge in [-0.1, -0.05) is 19.9 Å². The lowest BCUT2D eigenvalue weighted by Crippen LogP contribution is -2.50. The average molecular weight is 370 g/mol. The van der Waals surface area contributed by atoms with Gasteiger partial charge in [-0.3, -0.25) is 9.59 Å². The topological polar surface area (TPSA) is 93.4 Å². The largest absolute Gasteiger partial charge is 0.484 e. The summed E-state index contributed by atoms with van der Waals surface area (Å²) in [7, 11) is 0. The molecule has 4 N–H and O–H groups in total. The molecule has 0 bridgehead atoms. The number of nitrogens with one attached hydrogen (secondary N) is 2. The summed E-state index contributed by atoms with van der Waals surface area (Å²) >= 11 is 0. The van der Waals surface area contributed by atoms with Crippen LogP contribution in [0.4, 0.5) is 5.69 Å². The van der Waals surface area contributed by atoms with Gasteiger partial charge in [0.15, 0.2) is 6.61 Å². The molecule has 0 atom stereocenters. The third-order valence-electron chi connectivity index (χ3n) is 4.47. The molecule has 1 aliphatic carbocycles. The summed E-state index contributed by atoms with van der Waals surface area (Å²) in [4.78, 5) is 23.7. The molecule has 0 aliphatic heterocycles. The lowest BCUT2D eigenvalue weighted by atomic mass is 9.94. The van der Waals surface area contributed by atoms with Gasteiger partial charge in [-0.15, -0.1) is 12.4 Å². The molecule has 1 aromatic carbocycles. The van der Waals surface area contributed by atoms with E-state index in [1.165, 1.54) is 0 Å². The van der Waals surface area contributed by atoms with E-state index in [0.717, 1.165) is 25.7 Å². The number of hydrogen-bond donors (Lipinski definition) is 3. The van der Waals surface area contributed by atoms with Gasteiger partial charge in [-0.2, -0.15) is 0 Å². The lowest BCUT2D eigenvalue weighted by Gasteiger charge is -2.26. The Balaban J connectivity index is 0.00000312. The monoisotopic (exact) mass is 369 g/mol. The first-order valence-electron chi connectivity index (χ1n) is 8.55. The lowest BCUT2D eigenvalue weighted by molar-refractivity contribution is -0.123. The standard InChI is InChI=1S/C18H27N3O3.ClH/c1-3-18(19,4-2)12-20-16(22)11-24-15-7-5-6-14(10-15)21-17(23)13-8-9-13;/h5-7,10,13H,3-4,8-9,11-12,19H2,1-2H3,(H,20,22)(H,21,23);1H. The first kappa shape index (κ1) is 21.3. The van der Waals surface area contributed by atoms with Crippen LogP contribution >= 0.6 is 12.4 Å². The zero-order valence-corrected chi connectivity index (χ0v) is 15.7. The highest BCUT2D eigenvalue weighted by atomic mass is 35.5. The minimum Gasteiger partial charge on any atom is -0.484 e. The quantitative estimate of drug-likeness (QED) is 0.623. The van der Waals surface area contributed by atoms with Crippen LogP contribution in [-0.2, 0) is 9.59 Å². The van der Waals surface area contributed by atoms with Gasteiger partial charge in [-0.05, 0) is 37.8 Å². The zero-order chi connectivity index (χ0) is 17.6. The molecule has 2 rings (SSSR count). The minimum absolute atomic E-state index is 0. The number of rotatable bonds is 9. The van der Waals surface area contributed by atoms with Gasteiger partial charge in [-0.25, -0.2) is 0 Å². The Bertz CT molecular complexity index is 587. The van der Waals surface area contributed by atoms with E-state index in [1.54, 1.807) is 24.3 Å². The van der Waals surface area contributed by atoms with E-state index in [2.05, 4.69) is 10.6 Å². The highest BCUT2D eigenvalue weighted by Crippen LogP contribution is 2.30. The first-order chi connectivity index (χ1) is 11.5. The van der Waals surface area contributed by atoms with Crippen molar-refractivity contribution >= 4 is 29.9 Å². The fourth-order valence-electron chi connectivity index (χ4n) is 2.23. The molecule has 1 saturated carbocycles. The number of ether oxygens (including phenoxy) is 1. The number of anilines is 1. The molecule has 0 unspecified atom stereocenters. The Morgan fingerprint density at radius 2 is 1.96 bits per heavy atom. The van der Waals surface area contributed by atoms with E-state index in [4.69, 9.17) is 10.5 Å². The molecule has 0 spiro atoms. The molecular formula is C18H28ClN3O3. The zero-order valence-electron chi connectivity index (χ0n) is 14.8. The predicted octanol–water partition coefficient (Wildman–Crippen LogP) is 2.47. The predicted molar refractivity (Wildman–Crippen MR) is 101 cm³/mol. The molecule has 1 fully saturated rings. The summed E-state index contributed by atoms with van der Waals surface area (Å²) in [6.45, 7) is 4.37. The summed E-state index contributed by atoms with van der Waals surface area (Å²) in [6, 6.07) is 7.07. The van der Waals surface area contributed by atoms with Crippen LogP contribution in [0.1, 0.15) is 39.5 Å². The van der Waals surface area contributed by atoms with E-state index < -0.39 is 0 Å². The fourth-order valence-corrected chi connectivity index (χ4v) is 2.23. The van der Waals surface area contributed by atoms with Crippen molar-refractivity contribution in [2.24, 2.45) is 11.7 Å². The summed E-state index contributed by atoms with van der Waals surface area (Å²) in [5.74, 6) is 0.528. The Hall–Kier alpha value is -1.79. The fraction of sp³-hybridized carbons (Fsp3) is 0.556. The van der Waals surface area contributed by atoms with E-state index >= 15 is 0 Å². The summed E-state index contributed by atoms with van der Waals surface area (Å²) in [5.41, 5.74) is 6.46. The van der Waals surface area contributed by atoms with Crippen LogP contribution in [0.5, 0.6) is 5.75 Å². The molecular weight excluding hydrogens is 342 g/mol. The second-order valence-corrected chi connectivity index (χ2v) is 6.43. The van der Waals surface area contributed by atoms with Crippen LogP contribution in [0.25, 0.3) is 0 Å². The molecule has 0 saturated heterocycles. The molecule has 25 heavy (non-hydrogen) atoms. The summed E-state index contributed by atoms with van der Waals surface area (Å²) in [5, 5.41) is 5.66. The first-order valence-corrected chi connectivity index (χ1v) is 8.55. The van der Waals surface area contributed by atoms with Crippen molar-refractivity contribution in [1.82, 2.24) is 5.32 Å². The second kappa shape index (κ2) is 9.63. The Kier molecular flexibility index (Phi) is 8.19. The Labute approximate surface area is 155 Å². The maximum Gasteiger partial charge on any atom is 0.258 e. The number of benzene rings is 1. The Morgan fingerprint density at radius 3 is 2.56 bits per heavy atom. The van der Waals surface area contributed by atoms with Gasteiger partial charge in [0, 0.05) is 29.8 Å². The molecule has 1 aliphatic rings. The maximum absolute atomic E-state index is 11.9. The third-order valence-corrected chi connectivity index (χ3v) is 4.47. The van der Waals surface area contributed by atoms with Gasteiger partial charge in [0.2, 0.25) is 5.91 Å². The molecule has 6 nitrogen and oxygen atoms in total. The normalized spacial score (nSPS) is 13.6. The van der Waals surface area contributed by atoms with Gasteiger partial charge in [0.1, 0.15) is 5.75 Å². The van der Waals surface area contributed by atoms with Crippen LogP contribution in [-0.4, -0.2) is 30.5 Å². The van der Waals surface area contributed by atoms with E-state index in [0.29, 0.717) is 18.0 Å². The molecule has 7 heteroatoms. The summed E-state index contributed by atoms with van der Waals surface area (Å²) < 4.78 is 5.49. The van der Waals surface area contributed by atoms with E-state index in [1.807, 2.05) is 13.8 Å². The molecule has 0 radical (unpaired) electrons. The number of hydrogen-bond acceptors (Lipinski definition) is 4. The average Bonchev–Trinajstić information content (AvgIpc) is 3.43. The smallest absolute Gasteiger partial charge is 0.258 e. The van der Waals surface area contributed by atoms with Crippen LogP contribution in [0.2, 0.25) is 0 Å². The van der Waals surface area contributed by atoms with E-state index in [9.17, 15) is 9.59 Å². The van der Waals surface area contributed by atoms with Crippen LogP contribution in [0, 0.1) is 5.92 Å². The molecule has 0 aromatic heterocycles. The van der Waals surface area contributed by atoms with Crippen molar-refractivity contribution in [3.05, 3.63) is 24.3 Å². The van der Waals surface area contributed by atoms with Crippen LogP contribution in [0.15, 0.2) is 24.3 Å². The van der Waals surface area contributed by atoms with Crippen molar-refractivity contribution in [3.63, 3.8) is 0 Å². The SMILES string of the molecule is CCC(N)(CC)CNC(=O)COc1cccc(NC(=O)C2CC2)c1.Cl. The van der Waals surface area contributed by atoms with Gasteiger partial charge in [0.05, 0.1) is 0 Å². The minimum atomic E-state index is -0.372. The number of nitrogens with two attached hydrogens (primary N) is 1. The van der Waals surface area contributed by atoms with Crippen molar-refractivity contribution < 1.29 is 14.3 Å². The number of halogens is 1. The van der Waals surface area contributed by atoms with Crippen LogP contribution < -0.4 is 21.1 Å². The summed E-state index contributed by atoms with van der Waals surface area (Å²) in [6.07, 6.45) is 3.52. The highest BCUT2D eigenvalue weighted by molar-refractivity contribution is 5.94. The molecule has 140 valence electrons. The molecule has 2 amide bonds. The van der Waals surface area contributed by atoms with Crippen molar-refractivity contribution in [1.29, 1.82) is 0 Å². The molecule has 0 heterocycles. The van der Waals surface area contributed by atoms with Crippen molar-refractivity contribution in [3.8, 4) is 5.75 Å². The maximum atomic E-state index is 11.9. The Morgan fingerprint density at radius 1 is 1.28 bits per heavy atom. The number of amides is 2. The number of carbonyl (C=O) groups is 2. The second-order valence-electron chi connectivity index (χ2n) is 6.43. The van der Waals surface area contributed by atoms with Gasteiger partial charge < -0.3 is 21.1 Å². The van der Waals surface area contributed by atoms with E-state index in [-0.39, 0.29) is 42.3 Å². The van der Waals surface area contributed by atoms with Gasteiger partial charge in [0.25, 0.3) is 5.91 Å².